The van der Waals surface area contributed by atoms with Gasteiger partial charge in [-0.15, -0.1) is 0 Å². The molecule has 0 atom stereocenters. The second-order valence-electron chi connectivity index (χ2n) is 13.4. The third-order valence-electron chi connectivity index (χ3n) is 9.74. The highest BCUT2D eigenvalue weighted by Gasteiger charge is 2.51. The van der Waals surface area contributed by atoms with Crippen molar-refractivity contribution in [2.45, 2.75) is 220 Å². The van der Waals surface area contributed by atoms with Crippen molar-refractivity contribution in [1.82, 2.24) is 0 Å². The Kier molecular flexibility index (Phi) is 21.7. The van der Waals surface area contributed by atoms with Crippen LogP contribution in [-0.4, -0.2) is 0 Å². The van der Waals surface area contributed by atoms with Gasteiger partial charge in [0.05, 0.1) is 0 Å². The summed E-state index contributed by atoms with van der Waals surface area (Å²) in [6.45, 7) is 9.38. The average Bonchev–Trinajstić information content (AvgIpc) is 2.86. The molecular formula is C36H72. The minimum atomic E-state index is 0.736. The third-order valence-corrected chi connectivity index (χ3v) is 9.74. The summed E-state index contributed by atoms with van der Waals surface area (Å²) in [5, 5.41) is 0. The molecule has 1 aliphatic carbocycles. The molecule has 0 aliphatic heterocycles. The van der Waals surface area contributed by atoms with E-state index in [-0.39, 0.29) is 0 Å². The summed E-state index contributed by atoms with van der Waals surface area (Å²) in [7, 11) is 0. The summed E-state index contributed by atoms with van der Waals surface area (Å²) in [6.07, 6.45) is 44.7. The molecule has 0 saturated heterocycles. The summed E-state index contributed by atoms with van der Waals surface area (Å²) in [4.78, 5) is 0. The van der Waals surface area contributed by atoms with Crippen LogP contribution >= 0.6 is 0 Å². The standard InChI is InChI=1S/C36H72/c1-5-9-13-17-21-25-29-35(30-26-22-18-14-10-6-2)33-36(34-35,31-27-23-19-15-11-7-3)32-28-24-20-16-12-8-4/h5-34H2,1-4H3. The second kappa shape index (κ2) is 22.9. The molecule has 0 unspecified atom stereocenters. The Balaban J connectivity index is 2.59. The Morgan fingerprint density at radius 2 is 0.472 bits per heavy atom. The first-order valence-electron chi connectivity index (χ1n) is 17.7. The molecule has 0 aromatic heterocycles. The molecule has 1 aliphatic rings. The van der Waals surface area contributed by atoms with Crippen LogP contribution in [0.5, 0.6) is 0 Å². The second-order valence-corrected chi connectivity index (χ2v) is 13.4. The molecule has 0 amide bonds. The van der Waals surface area contributed by atoms with Gasteiger partial charge in [-0.3, -0.25) is 0 Å². The largest absolute Gasteiger partial charge is 0.0654 e. The van der Waals surface area contributed by atoms with Gasteiger partial charge in [-0.2, -0.15) is 0 Å². The van der Waals surface area contributed by atoms with Crippen molar-refractivity contribution >= 4 is 0 Å². The summed E-state index contributed by atoms with van der Waals surface area (Å²) < 4.78 is 0. The van der Waals surface area contributed by atoms with E-state index in [0.717, 1.165) is 10.8 Å². The third kappa shape index (κ3) is 16.1. The van der Waals surface area contributed by atoms with Crippen molar-refractivity contribution in [3.8, 4) is 0 Å². The Morgan fingerprint density at radius 1 is 0.278 bits per heavy atom. The zero-order valence-corrected chi connectivity index (χ0v) is 26.2. The van der Waals surface area contributed by atoms with Gasteiger partial charge in [0.15, 0.2) is 0 Å². The van der Waals surface area contributed by atoms with E-state index in [0.29, 0.717) is 0 Å². The molecule has 0 spiro atoms. The summed E-state index contributed by atoms with van der Waals surface area (Å²) in [6, 6.07) is 0. The maximum atomic E-state index is 2.34. The molecule has 0 aromatic carbocycles. The van der Waals surface area contributed by atoms with Crippen LogP contribution in [0.3, 0.4) is 0 Å². The fraction of sp³-hybridized carbons (Fsp3) is 1.00. The zero-order valence-electron chi connectivity index (χ0n) is 26.2. The normalized spacial score (nSPS) is 16.3. The van der Waals surface area contributed by atoms with Gasteiger partial charge in [0.1, 0.15) is 0 Å². The maximum absolute atomic E-state index is 2.34. The van der Waals surface area contributed by atoms with E-state index in [2.05, 4.69) is 27.7 Å². The topological polar surface area (TPSA) is 0 Å². The first-order valence-corrected chi connectivity index (χ1v) is 17.7. The predicted octanol–water partition coefficient (Wildman–Crippen LogP) is 13.8. The molecule has 0 bridgehead atoms. The van der Waals surface area contributed by atoms with E-state index < -0.39 is 0 Å². The Labute approximate surface area is 231 Å². The average molecular weight is 505 g/mol. The van der Waals surface area contributed by atoms with E-state index in [1.54, 1.807) is 38.5 Å². The molecule has 0 nitrogen and oxygen atoms in total. The molecule has 0 N–H and O–H groups in total. The van der Waals surface area contributed by atoms with Crippen LogP contribution < -0.4 is 0 Å². The van der Waals surface area contributed by atoms with Crippen LogP contribution in [0.15, 0.2) is 0 Å². The Bertz CT molecular complexity index is 367. The Morgan fingerprint density at radius 3 is 0.694 bits per heavy atom. The molecule has 1 fully saturated rings. The van der Waals surface area contributed by atoms with E-state index in [9.17, 15) is 0 Å². The van der Waals surface area contributed by atoms with Crippen molar-refractivity contribution in [3.05, 3.63) is 0 Å². The lowest BCUT2D eigenvalue weighted by atomic mass is 9.47. The lowest BCUT2D eigenvalue weighted by molar-refractivity contribution is -0.0710. The quantitative estimate of drug-likeness (QED) is 0.0929. The number of hydrogen-bond acceptors (Lipinski definition) is 0. The highest BCUT2D eigenvalue weighted by atomic mass is 14.6. The van der Waals surface area contributed by atoms with Gasteiger partial charge in [-0.05, 0) is 49.4 Å². The fourth-order valence-corrected chi connectivity index (χ4v) is 7.62. The van der Waals surface area contributed by atoms with E-state index in [1.807, 2.05) is 0 Å². The predicted molar refractivity (Wildman–Crippen MR) is 166 cm³/mol. The molecule has 0 aromatic rings. The van der Waals surface area contributed by atoms with Crippen molar-refractivity contribution in [3.63, 3.8) is 0 Å². The maximum Gasteiger partial charge on any atom is -0.0287 e. The van der Waals surface area contributed by atoms with Crippen LogP contribution in [0.2, 0.25) is 0 Å². The molecular weight excluding hydrogens is 432 g/mol. The summed E-state index contributed by atoms with van der Waals surface area (Å²) in [5.41, 5.74) is 1.47. The summed E-state index contributed by atoms with van der Waals surface area (Å²) >= 11 is 0. The highest BCUT2D eigenvalue weighted by molar-refractivity contribution is 5.03. The minimum absolute atomic E-state index is 0.736. The Hall–Kier alpha value is 0. The number of hydrogen-bond donors (Lipinski definition) is 0. The molecule has 36 heavy (non-hydrogen) atoms. The van der Waals surface area contributed by atoms with Gasteiger partial charge in [0.25, 0.3) is 0 Å². The minimum Gasteiger partial charge on any atom is -0.0654 e. The first-order chi connectivity index (χ1) is 17.7. The molecule has 0 heteroatoms. The van der Waals surface area contributed by atoms with Crippen molar-refractivity contribution < 1.29 is 0 Å². The van der Waals surface area contributed by atoms with E-state index in [4.69, 9.17) is 0 Å². The molecule has 0 radical (unpaired) electrons. The number of unbranched alkanes of at least 4 members (excludes halogenated alkanes) is 20. The molecule has 1 rings (SSSR count). The van der Waals surface area contributed by atoms with Crippen LogP contribution in [0.25, 0.3) is 0 Å². The highest BCUT2D eigenvalue weighted by Crippen LogP contribution is 2.63. The summed E-state index contributed by atoms with van der Waals surface area (Å²) in [5.74, 6) is 0. The van der Waals surface area contributed by atoms with Crippen LogP contribution in [0, 0.1) is 10.8 Å². The van der Waals surface area contributed by atoms with Crippen molar-refractivity contribution in [2.24, 2.45) is 10.8 Å². The van der Waals surface area contributed by atoms with Crippen molar-refractivity contribution in [2.75, 3.05) is 0 Å². The van der Waals surface area contributed by atoms with Gasteiger partial charge >= 0.3 is 0 Å². The van der Waals surface area contributed by atoms with Gasteiger partial charge in [0.2, 0.25) is 0 Å². The molecule has 1 saturated carbocycles. The van der Waals surface area contributed by atoms with Crippen LogP contribution in [-0.2, 0) is 0 Å². The van der Waals surface area contributed by atoms with E-state index in [1.165, 1.54) is 154 Å². The number of rotatable bonds is 28. The lowest BCUT2D eigenvalue weighted by Gasteiger charge is -2.58. The smallest absolute Gasteiger partial charge is 0.0287 e. The van der Waals surface area contributed by atoms with Crippen LogP contribution in [0.1, 0.15) is 220 Å². The van der Waals surface area contributed by atoms with Gasteiger partial charge in [-0.25, -0.2) is 0 Å². The molecule has 0 heterocycles. The lowest BCUT2D eigenvalue weighted by Crippen LogP contribution is -2.46. The SMILES string of the molecule is CCCCCCCCC1(CCCCCCCC)CC(CCCCCCCC)(CCCCCCCC)C1. The monoisotopic (exact) mass is 505 g/mol. The van der Waals surface area contributed by atoms with Gasteiger partial charge < -0.3 is 0 Å². The van der Waals surface area contributed by atoms with Gasteiger partial charge in [-0.1, -0.05) is 182 Å². The van der Waals surface area contributed by atoms with Crippen LogP contribution in [0.4, 0.5) is 0 Å². The van der Waals surface area contributed by atoms with Crippen molar-refractivity contribution in [1.29, 1.82) is 0 Å². The first kappa shape index (κ1) is 34.0. The molecule has 216 valence electrons. The fourth-order valence-electron chi connectivity index (χ4n) is 7.62. The van der Waals surface area contributed by atoms with Gasteiger partial charge in [0, 0.05) is 0 Å². The van der Waals surface area contributed by atoms with E-state index >= 15 is 0 Å². The zero-order chi connectivity index (χ0) is 26.2.